The minimum absolute atomic E-state index is 0.0621. The van der Waals surface area contributed by atoms with Crippen LogP contribution in [0.5, 0.6) is 0 Å². The number of nitrogens with one attached hydrogen (secondary N) is 1. The number of aromatic nitrogens is 2. The summed E-state index contributed by atoms with van der Waals surface area (Å²) < 4.78 is 22.2. The van der Waals surface area contributed by atoms with E-state index in [0.29, 0.717) is 34.2 Å². The lowest BCUT2D eigenvalue weighted by Crippen LogP contribution is -2.49. The van der Waals surface area contributed by atoms with E-state index < -0.39 is 11.4 Å². The molecule has 0 radical (unpaired) electrons. The van der Waals surface area contributed by atoms with Crippen LogP contribution < -0.4 is 5.32 Å². The summed E-state index contributed by atoms with van der Waals surface area (Å²) in [5, 5.41) is 16.4. The van der Waals surface area contributed by atoms with Crippen molar-refractivity contribution in [3.8, 4) is 6.07 Å². The van der Waals surface area contributed by atoms with Gasteiger partial charge in [-0.25, -0.2) is 9.38 Å². The van der Waals surface area contributed by atoms with Crippen molar-refractivity contribution in [1.82, 2.24) is 15.1 Å². The number of ether oxygens (including phenoxy) is 1. The fourth-order valence-electron chi connectivity index (χ4n) is 4.00. The second kappa shape index (κ2) is 13.0. The topological polar surface area (TPSA) is 92.3 Å². The molecule has 2 atom stereocenters. The van der Waals surface area contributed by atoms with Gasteiger partial charge in [0, 0.05) is 48.8 Å². The third-order valence-corrected chi connectivity index (χ3v) is 6.82. The number of benzene rings is 2. The molecule has 3 heterocycles. The molecule has 0 aliphatic carbocycles. The Morgan fingerprint density at radius 2 is 2.03 bits per heavy atom. The first-order valence-electron chi connectivity index (χ1n) is 11.8. The first-order valence-corrected chi connectivity index (χ1v) is 12.8. The molecule has 0 saturated carbocycles. The number of hydrogen-bond acceptors (Lipinski definition) is 6. The van der Waals surface area contributed by atoms with Gasteiger partial charge in [-0.2, -0.15) is 10.4 Å². The van der Waals surface area contributed by atoms with E-state index in [1.54, 1.807) is 41.2 Å². The largest absolute Gasteiger partial charge is 0.379 e. The SMILES string of the molecule is CC.Cn1cccn1.N#Cc1ccc(F)c(C23COCCC2CSC(NC(=O)c2ccccc2)=N3)c1. The van der Waals surface area contributed by atoms with Crippen LogP contribution in [0.1, 0.15) is 41.8 Å². The normalized spacial score (nSPS) is 20.2. The highest BCUT2D eigenvalue weighted by molar-refractivity contribution is 8.13. The van der Waals surface area contributed by atoms with Crippen molar-refractivity contribution in [2.24, 2.45) is 18.0 Å². The Hall–Kier alpha value is -3.48. The molecule has 7 nitrogen and oxygen atoms in total. The average Bonchev–Trinajstić information content (AvgIpc) is 3.41. The Kier molecular flexibility index (Phi) is 9.79. The average molecular weight is 508 g/mol. The highest BCUT2D eigenvalue weighted by atomic mass is 32.2. The number of halogens is 1. The molecule has 188 valence electrons. The molecule has 1 amide bonds. The van der Waals surface area contributed by atoms with Crippen LogP contribution in [0.2, 0.25) is 0 Å². The van der Waals surface area contributed by atoms with E-state index >= 15 is 0 Å². The zero-order valence-corrected chi connectivity index (χ0v) is 21.5. The molecule has 5 rings (SSSR count). The molecule has 3 aromatic rings. The molecule has 0 spiro atoms. The Morgan fingerprint density at radius 3 is 2.67 bits per heavy atom. The summed E-state index contributed by atoms with van der Waals surface area (Å²) in [6, 6.07) is 17.1. The number of amides is 1. The van der Waals surface area contributed by atoms with Crippen LogP contribution in [-0.4, -0.2) is 39.8 Å². The van der Waals surface area contributed by atoms with E-state index in [-0.39, 0.29) is 18.4 Å². The van der Waals surface area contributed by atoms with Gasteiger partial charge in [0.1, 0.15) is 11.4 Å². The van der Waals surface area contributed by atoms with Gasteiger partial charge in [0.05, 0.1) is 18.2 Å². The molecule has 2 aromatic carbocycles. The number of aliphatic imine (C=N–C) groups is 1. The predicted octanol–water partition coefficient (Wildman–Crippen LogP) is 4.91. The highest BCUT2D eigenvalue weighted by Gasteiger charge is 2.47. The smallest absolute Gasteiger partial charge is 0.257 e. The fourth-order valence-corrected chi connectivity index (χ4v) is 5.19. The summed E-state index contributed by atoms with van der Waals surface area (Å²) in [6.45, 7) is 4.81. The van der Waals surface area contributed by atoms with Crippen LogP contribution >= 0.6 is 11.8 Å². The molecule has 2 aliphatic rings. The van der Waals surface area contributed by atoms with Crippen LogP contribution in [0.4, 0.5) is 4.39 Å². The number of amidine groups is 1. The van der Waals surface area contributed by atoms with Crippen LogP contribution in [0, 0.1) is 23.1 Å². The van der Waals surface area contributed by atoms with Gasteiger partial charge in [-0.05, 0) is 42.8 Å². The molecule has 0 bridgehead atoms. The monoisotopic (exact) mass is 507 g/mol. The molecule has 1 N–H and O–H groups in total. The van der Waals surface area contributed by atoms with Crippen molar-refractivity contribution in [2.45, 2.75) is 25.8 Å². The zero-order chi connectivity index (χ0) is 26.0. The van der Waals surface area contributed by atoms with Gasteiger partial charge in [-0.3, -0.25) is 9.48 Å². The van der Waals surface area contributed by atoms with Crippen molar-refractivity contribution in [3.05, 3.63) is 89.5 Å². The van der Waals surface area contributed by atoms with E-state index in [1.807, 2.05) is 39.2 Å². The van der Waals surface area contributed by atoms with E-state index in [2.05, 4.69) is 16.5 Å². The van der Waals surface area contributed by atoms with Crippen molar-refractivity contribution in [2.75, 3.05) is 19.0 Å². The third-order valence-electron chi connectivity index (χ3n) is 5.79. The number of carbonyl (C=O) groups is 1. The summed E-state index contributed by atoms with van der Waals surface area (Å²) in [5.74, 6) is 0.0717. The Labute approximate surface area is 215 Å². The first-order chi connectivity index (χ1) is 17.5. The maximum Gasteiger partial charge on any atom is 0.257 e. The Balaban J connectivity index is 0.000000390. The summed E-state index contributed by atoms with van der Waals surface area (Å²) in [4.78, 5) is 17.3. The summed E-state index contributed by atoms with van der Waals surface area (Å²) in [7, 11) is 1.89. The van der Waals surface area contributed by atoms with Gasteiger partial charge < -0.3 is 10.1 Å². The number of aryl methyl sites for hydroxylation is 1. The molecule has 1 aromatic heterocycles. The molecular formula is C27H30FN5O2S. The van der Waals surface area contributed by atoms with E-state index in [4.69, 9.17) is 9.73 Å². The quantitative estimate of drug-likeness (QED) is 0.532. The van der Waals surface area contributed by atoms with Crippen LogP contribution in [0.3, 0.4) is 0 Å². The maximum atomic E-state index is 14.8. The van der Waals surface area contributed by atoms with Gasteiger partial charge in [0.25, 0.3) is 5.91 Å². The molecule has 1 fully saturated rings. The number of hydrogen-bond donors (Lipinski definition) is 1. The van der Waals surface area contributed by atoms with E-state index in [1.165, 1.54) is 23.9 Å². The summed E-state index contributed by atoms with van der Waals surface area (Å²) >= 11 is 1.46. The second-order valence-electron chi connectivity index (χ2n) is 8.00. The lowest BCUT2D eigenvalue weighted by molar-refractivity contribution is 0.00289. The minimum Gasteiger partial charge on any atom is -0.379 e. The van der Waals surface area contributed by atoms with Crippen LogP contribution in [0.15, 0.2) is 72.0 Å². The van der Waals surface area contributed by atoms with Gasteiger partial charge in [0.2, 0.25) is 0 Å². The van der Waals surface area contributed by atoms with Crippen LogP contribution in [-0.2, 0) is 17.3 Å². The van der Waals surface area contributed by atoms with Gasteiger partial charge >= 0.3 is 0 Å². The van der Waals surface area contributed by atoms with E-state index in [0.717, 1.165) is 6.42 Å². The van der Waals surface area contributed by atoms with Crippen molar-refractivity contribution >= 4 is 22.8 Å². The lowest BCUT2D eigenvalue weighted by Gasteiger charge is -2.44. The summed E-state index contributed by atoms with van der Waals surface area (Å²) in [6.07, 6.45) is 4.38. The standard InChI is InChI=1S/C21H18FN3O2S.C4H6N2.C2H6/c22-18-7-6-14(11-23)10-17(18)21-13-27-9-8-16(21)12-28-20(25-21)24-19(26)15-4-2-1-3-5-15;1-6-4-2-3-5-6;1-2/h1-7,10,16H,8-9,12-13H2,(H,24,25,26);2-4H,1H3;1-2H3. The Morgan fingerprint density at radius 1 is 1.25 bits per heavy atom. The van der Waals surface area contributed by atoms with Crippen LogP contribution in [0.25, 0.3) is 0 Å². The van der Waals surface area contributed by atoms with E-state index in [9.17, 15) is 14.4 Å². The highest BCUT2D eigenvalue weighted by Crippen LogP contribution is 2.45. The van der Waals surface area contributed by atoms with Crippen molar-refractivity contribution in [1.29, 1.82) is 5.26 Å². The molecule has 1 saturated heterocycles. The number of nitrogens with zero attached hydrogens (tertiary/aromatic N) is 4. The molecule has 2 unspecified atom stereocenters. The minimum atomic E-state index is -0.945. The molecular weight excluding hydrogens is 477 g/mol. The lowest BCUT2D eigenvalue weighted by atomic mass is 9.76. The number of nitriles is 1. The number of fused-ring (bicyclic) bond motifs is 1. The molecule has 36 heavy (non-hydrogen) atoms. The summed E-state index contributed by atoms with van der Waals surface area (Å²) in [5.41, 5.74) is 0.306. The van der Waals surface area contributed by atoms with Crippen molar-refractivity contribution < 1.29 is 13.9 Å². The molecule has 9 heteroatoms. The fraction of sp³-hybridized carbons (Fsp3) is 0.333. The van der Waals surface area contributed by atoms with Gasteiger partial charge in [-0.15, -0.1) is 0 Å². The number of carbonyl (C=O) groups excluding carboxylic acids is 1. The first kappa shape index (κ1) is 27.1. The van der Waals surface area contributed by atoms with Crippen molar-refractivity contribution in [3.63, 3.8) is 0 Å². The Bertz CT molecular complexity index is 1210. The number of rotatable bonds is 2. The van der Waals surface area contributed by atoms with Gasteiger partial charge in [-0.1, -0.05) is 43.8 Å². The predicted molar refractivity (Wildman–Crippen MR) is 140 cm³/mol. The van der Waals surface area contributed by atoms with Gasteiger partial charge in [0.15, 0.2) is 5.17 Å². The number of thioether (sulfide) groups is 1. The third kappa shape index (κ3) is 6.39. The second-order valence-corrected chi connectivity index (χ2v) is 9.01. The maximum absolute atomic E-state index is 14.8. The molecule has 2 aliphatic heterocycles. The zero-order valence-electron chi connectivity index (χ0n) is 20.6.